The van der Waals surface area contributed by atoms with Crippen LogP contribution in [0.3, 0.4) is 0 Å². The van der Waals surface area contributed by atoms with E-state index in [1.54, 1.807) is 6.20 Å². The summed E-state index contributed by atoms with van der Waals surface area (Å²) in [6.45, 7) is 9.87. The van der Waals surface area contributed by atoms with E-state index in [2.05, 4.69) is 23.8 Å². The topological polar surface area (TPSA) is 58.4 Å². The van der Waals surface area contributed by atoms with Crippen molar-refractivity contribution in [2.75, 3.05) is 13.1 Å². The van der Waals surface area contributed by atoms with Gasteiger partial charge in [-0.3, -0.25) is 14.4 Å². The average Bonchev–Trinajstić information content (AvgIpc) is 2.78. The van der Waals surface area contributed by atoms with Gasteiger partial charge in [-0.1, -0.05) is 13.8 Å². The summed E-state index contributed by atoms with van der Waals surface area (Å²) in [5.41, 5.74) is 0.981. The average molecular weight is 253 g/mol. The van der Waals surface area contributed by atoms with E-state index in [1.165, 1.54) is 0 Å². The number of nitrogens with zero attached hydrogens (tertiary/aromatic N) is 3. The zero-order chi connectivity index (χ0) is 13.7. The Bertz CT molecular complexity index is 383. The van der Waals surface area contributed by atoms with Crippen LogP contribution in [0.2, 0.25) is 0 Å². The fraction of sp³-hybridized carbons (Fsp3) is 0.692. The van der Waals surface area contributed by atoms with Crippen LogP contribution in [0.25, 0.3) is 0 Å². The van der Waals surface area contributed by atoms with Crippen LogP contribution in [-0.4, -0.2) is 38.8 Å². The van der Waals surface area contributed by atoms with Crippen molar-refractivity contribution in [1.29, 1.82) is 0 Å². The zero-order valence-electron chi connectivity index (χ0n) is 11.6. The monoisotopic (exact) mass is 253 g/mol. The highest BCUT2D eigenvalue weighted by Gasteiger charge is 2.22. The van der Waals surface area contributed by atoms with Gasteiger partial charge in [0.2, 0.25) is 0 Å². The van der Waals surface area contributed by atoms with Crippen LogP contribution in [0.4, 0.5) is 0 Å². The normalized spacial score (nSPS) is 13.2. The van der Waals surface area contributed by atoms with Gasteiger partial charge >= 0.3 is 5.97 Å². The second-order valence-electron chi connectivity index (χ2n) is 4.68. The van der Waals surface area contributed by atoms with Crippen LogP contribution in [-0.2, 0) is 4.79 Å². The van der Waals surface area contributed by atoms with Crippen LogP contribution in [0, 0.1) is 0 Å². The van der Waals surface area contributed by atoms with E-state index >= 15 is 0 Å². The largest absolute Gasteiger partial charge is 0.481 e. The van der Waals surface area contributed by atoms with Crippen molar-refractivity contribution in [3.8, 4) is 0 Å². The number of carboxylic acids is 1. The van der Waals surface area contributed by atoms with Crippen LogP contribution in [0.1, 0.15) is 51.8 Å². The molecule has 0 bridgehead atoms. The number of carbonyl (C=O) groups is 1. The van der Waals surface area contributed by atoms with Crippen molar-refractivity contribution in [1.82, 2.24) is 14.7 Å². The number of aromatic nitrogens is 2. The second kappa shape index (κ2) is 6.54. The van der Waals surface area contributed by atoms with E-state index in [1.807, 2.05) is 24.7 Å². The maximum absolute atomic E-state index is 11.0. The van der Waals surface area contributed by atoms with Crippen LogP contribution in [0.5, 0.6) is 0 Å². The number of carboxylic acid groups (broad SMARTS) is 1. The van der Waals surface area contributed by atoms with Crippen molar-refractivity contribution in [2.45, 2.75) is 46.2 Å². The lowest BCUT2D eigenvalue weighted by Gasteiger charge is -2.27. The molecule has 1 unspecified atom stereocenters. The molecule has 102 valence electrons. The molecule has 5 heteroatoms. The van der Waals surface area contributed by atoms with E-state index in [-0.39, 0.29) is 12.5 Å². The smallest absolute Gasteiger partial charge is 0.305 e. The molecule has 1 aromatic heterocycles. The first kappa shape index (κ1) is 14.7. The Labute approximate surface area is 108 Å². The highest BCUT2D eigenvalue weighted by molar-refractivity contribution is 5.67. The maximum Gasteiger partial charge on any atom is 0.305 e. The first-order valence-electron chi connectivity index (χ1n) is 6.49. The van der Waals surface area contributed by atoms with Gasteiger partial charge in [-0.05, 0) is 26.9 Å². The molecule has 0 aliphatic carbocycles. The molecule has 0 amide bonds. The van der Waals surface area contributed by atoms with Gasteiger partial charge in [0.05, 0.1) is 12.6 Å². The van der Waals surface area contributed by atoms with Crippen LogP contribution < -0.4 is 0 Å². The lowest BCUT2D eigenvalue weighted by Crippen LogP contribution is -2.30. The Hall–Kier alpha value is -1.36. The van der Waals surface area contributed by atoms with E-state index < -0.39 is 5.97 Å². The lowest BCUT2D eigenvalue weighted by atomic mass is 10.1. The van der Waals surface area contributed by atoms with Crippen LogP contribution >= 0.6 is 0 Å². The van der Waals surface area contributed by atoms with Gasteiger partial charge in [0.15, 0.2) is 0 Å². The Kier molecular flexibility index (Phi) is 5.34. The van der Waals surface area contributed by atoms with Crippen molar-refractivity contribution in [3.05, 3.63) is 18.0 Å². The minimum atomic E-state index is -0.774. The Morgan fingerprint density at radius 3 is 2.44 bits per heavy atom. The summed E-state index contributed by atoms with van der Waals surface area (Å²) in [5.74, 6) is -0.774. The van der Waals surface area contributed by atoms with Gasteiger partial charge in [-0.25, -0.2) is 0 Å². The van der Waals surface area contributed by atoms with Crippen molar-refractivity contribution in [2.24, 2.45) is 0 Å². The van der Waals surface area contributed by atoms with E-state index in [9.17, 15) is 4.79 Å². The number of rotatable bonds is 7. The molecule has 0 aliphatic rings. The maximum atomic E-state index is 11.0. The van der Waals surface area contributed by atoms with Crippen molar-refractivity contribution in [3.63, 3.8) is 0 Å². The third kappa shape index (κ3) is 3.57. The number of aliphatic carboxylic acids is 1. The van der Waals surface area contributed by atoms with Gasteiger partial charge in [-0.2, -0.15) is 5.10 Å². The quantitative estimate of drug-likeness (QED) is 0.810. The first-order chi connectivity index (χ1) is 8.49. The fourth-order valence-electron chi connectivity index (χ4n) is 2.09. The standard InChI is InChI=1S/C13H23N3O2/c1-5-15(6-2)12(7-13(17)18)11-8-14-16(9-11)10(3)4/h8-10,12H,5-7H2,1-4H3,(H,17,18). The fourth-order valence-corrected chi connectivity index (χ4v) is 2.09. The summed E-state index contributed by atoms with van der Waals surface area (Å²) in [5, 5.41) is 13.3. The summed E-state index contributed by atoms with van der Waals surface area (Å²) in [4.78, 5) is 13.2. The van der Waals surface area contributed by atoms with E-state index in [0.29, 0.717) is 6.04 Å². The Morgan fingerprint density at radius 2 is 2.06 bits per heavy atom. The van der Waals surface area contributed by atoms with Gasteiger partial charge in [0.25, 0.3) is 0 Å². The van der Waals surface area contributed by atoms with Gasteiger partial charge in [0, 0.05) is 23.8 Å². The van der Waals surface area contributed by atoms with Crippen LogP contribution in [0.15, 0.2) is 12.4 Å². The second-order valence-corrected chi connectivity index (χ2v) is 4.68. The molecule has 1 rings (SSSR count). The summed E-state index contributed by atoms with van der Waals surface area (Å²) < 4.78 is 1.87. The Morgan fingerprint density at radius 1 is 1.44 bits per heavy atom. The lowest BCUT2D eigenvalue weighted by molar-refractivity contribution is -0.138. The molecule has 1 N–H and O–H groups in total. The molecule has 1 aromatic rings. The molecule has 0 saturated carbocycles. The van der Waals surface area contributed by atoms with E-state index in [0.717, 1.165) is 18.7 Å². The molecular weight excluding hydrogens is 230 g/mol. The molecule has 0 aromatic carbocycles. The molecule has 1 heterocycles. The van der Waals surface area contributed by atoms with E-state index in [4.69, 9.17) is 5.11 Å². The minimum absolute atomic E-state index is 0.0926. The number of hydrogen-bond acceptors (Lipinski definition) is 3. The predicted molar refractivity (Wildman–Crippen MR) is 70.5 cm³/mol. The van der Waals surface area contributed by atoms with Gasteiger partial charge in [-0.15, -0.1) is 0 Å². The molecule has 0 spiro atoms. The molecule has 0 fully saturated rings. The summed E-state index contributed by atoms with van der Waals surface area (Å²) >= 11 is 0. The third-order valence-corrected chi connectivity index (χ3v) is 3.16. The Balaban J connectivity index is 2.96. The van der Waals surface area contributed by atoms with Gasteiger partial charge < -0.3 is 5.11 Å². The molecule has 0 aliphatic heterocycles. The highest BCUT2D eigenvalue weighted by Crippen LogP contribution is 2.24. The summed E-state index contributed by atoms with van der Waals surface area (Å²) in [6, 6.07) is 0.200. The summed E-state index contributed by atoms with van der Waals surface area (Å²) in [6.07, 6.45) is 3.86. The molecule has 18 heavy (non-hydrogen) atoms. The molecule has 0 radical (unpaired) electrons. The van der Waals surface area contributed by atoms with Crippen molar-refractivity contribution >= 4 is 5.97 Å². The highest BCUT2D eigenvalue weighted by atomic mass is 16.4. The summed E-state index contributed by atoms with van der Waals surface area (Å²) in [7, 11) is 0. The first-order valence-corrected chi connectivity index (χ1v) is 6.49. The SMILES string of the molecule is CCN(CC)C(CC(=O)O)c1cnn(C(C)C)c1. The molecule has 1 atom stereocenters. The molecular formula is C13H23N3O2. The minimum Gasteiger partial charge on any atom is -0.481 e. The van der Waals surface area contributed by atoms with Crippen molar-refractivity contribution < 1.29 is 9.90 Å². The third-order valence-electron chi connectivity index (χ3n) is 3.16. The predicted octanol–water partition coefficient (Wildman–Crippen LogP) is 2.32. The van der Waals surface area contributed by atoms with Gasteiger partial charge in [0.1, 0.15) is 0 Å². The molecule has 0 saturated heterocycles. The number of hydrogen-bond donors (Lipinski definition) is 1. The molecule has 5 nitrogen and oxygen atoms in total. The zero-order valence-corrected chi connectivity index (χ0v) is 11.6.